The summed E-state index contributed by atoms with van der Waals surface area (Å²) in [4.78, 5) is 4.54. The van der Waals surface area contributed by atoms with Gasteiger partial charge in [-0.05, 0) is 37.3 Å². The fraction of sp³-hybridized carbons (Fsp3) is 0.133. The zero-order valence-corrected chi connectivity index (χ0v) is 10.8. The molecule has 0 aliphatic heterocycles. The minimum atomic E-state index is -0.265. The van der Waals surface area contributed by atoms with Gasteiger partial charge in [-0.15, -0.1) is 0 Å². The minimum absolute atomic E-state index is 0.265. The van der Waals surface area contributed by atoms with Crippen molar-refractivity contribution < 1.29 is 4.39 Å². The third-order valence-electron chi connectivity index (χ3n) is 3.29. The Bertz CT molecular complexity index is 774. The van der Waals surface area contributed by atoms with Gasteiger partial charge in [-0.25, -0.2) is 9.37 Å². The first-order valence-corrected chi connectivity index (χ1v) is 6.05. The number of nitrogens with two attached hydrogens (primary N) is 1. The van der Waals surface area contributed by atoms with E-state index in [2.05, 4.69) is 4.98 Å². The molecule has 0 bridgehead atoms. The molecule has 4 heteroatoms. The molecule has 1 heterocycles. The van der Waals surface area contributed by atoms with Gasteiger partial charge in [0.25, 0.3) is 0 Å². The predicted octanol–water partition coefficient (Wildman–Crippen LogP) is 3.27. The van der Waals surface area contributed by atoms with Gasteiger partial charge >= 0.3 is 0 Å². The Morgan fingerprint density at radius 3 is 2.74 bits per heavy atom. The summed E-state index contributed by atoms with van der Waals surface area (Å²) in [5.41, 5.74) is 10.2. The van der Waals surface area contributed by atoms with E-state index in [0.29, 0.717) is 5.69 Å². The zero-order valence-electron chi connectivity index (χ0n) is 10.8. The van der Waals surface area contributed by atoms with Crippen LogP contribution in [0.3, 0.4) is 0 Å². The number of hydrogen-bond donors (Lipinski definition) is 1. The Kier molecular flexibility index (Phi) is 2.52. The average molecular weight is 255 g/mol. The van der Waals surface area contributed by atoms with Crippen LogP contribution in [0.1, 0.15) is 5.56 Å². The fourth-order valence-electron chi connectivity index (χ4n) is 2.27. The van der Waals surface area contributed by atoms with E-state index < -0.39 is 0 Å². The highest BCUT2D eigenvalue weighted by molar-refractivity contribution is 5.83. The highest BCUT2D eigenvalue weighted by atomic mass is 19.1. The van der Waals surface area contributed by atoms with E-state index in [1.54, 1.807) is 6.07 Å². The minimum Gasteiger partial charge on any atom is -0.398 e. The maximum absolute atomic E-state index is 13.3. The number of imidazole rings is 1. The second kappa shape index (κ2) is 4.09. The van der Waals surface area contributed by atoms with Crippen molar-refractivity contribution in [3.63, 3.8) is 0 Å². The van der Waals surface area contributed by atoms with Crippen LogP contribution in [-0.4, -0.2) is 9.55 Å². The van der Waals surface area contributed by atoms with Crippen molar-refractivity contribution in [2.45, 2.75) is 6.92 Å². The average Bonchev–Trinajstić information content (AvgIpc) is 2.70. The number of nitrogen functional groups attached to an aromatic ring is 1. The summed E-state index contributed by atoms with van der Waals surface area (Å²) in [6.45, 7) is 2.01. The van der Waals surface area contributed by atoms with Crippen LogP contribution < -0.4 is 5.73 Å². The first-order chi connectivity index (χ1) is 9.06. The number of anilines is 1. The maximum Gasteiger partial charge on any atom is 0.142 e. The van der Waals surface area contributed by atoms with Crippen molar-refractivity contribution in [3.05, 3.63) is 47.8 Å². The van der Waals surface area contributed by atoms with Gasteiger partial charge in [-0.2, -0.15) is 0 Å². The van der Waals surface area contributed by atoms with Crippen molar-refractivity contribution in [1.82, 2.24) is 9.55 Å². The molecule has 3 nitrogen and oxygen atoms in total. The Morgan fingerprint density at radius 1 is 1.16 bits per heavy atom. The number of halogens is 1. The molecule has 0 atom stereocenters. The molecular formula is C15H14FN3. The molecular weight excluding hydrogens is 241 g/mol. The molecule has 2 N–H and O–H groups in total. The van der Waals surface area contributed by atoms with Gasteiger partial charge < -0.3 is 10.3 Å². The van der Waals surface area contributed by atoms with Crippen LogP contribution >= 0.6 is 0 Å². The number of benzene rings is 2. The summed E-state index contributed by atoms with van der Waals surface area (Å²) < 4.78 is 15.2. The molecule has 2 aromatic carbocycles. The van der Waals surface area contributed by atoms with Gasteiger partial charge in [0.05, 0.1) is 11.0 Å². The Morgan fingerprint density at radius 2 is 1.95 bits per heavy atom. The first-order valence-electron chi connectivity index (χ1n) is 6.05. The molecule has 0 fully saturated rings. The van der Waals surface area contributed by atoms with Crippen LogP contribution in [0.5, 0.6) is 0 Å². The van der Waals surface area contributed by atoms with E-state index in [1.165, 1.54) is 12.1 Å². The van der Waals surface area contributed by atoms with E-state index in [-0.39, 0.29) is 5.82 Å². The van der Waals surface area contributed by atoms with E-state index >= 15 is 0 Å². The van der Waals surface area contributed by atoms with Crippen LogP contribution in [0.2, 0.25) is 0 Å². The quantitative estimate of drug-likeness (QED) is 0.678. The Labute approximate surface area is 110 Å². The summed E-state index contributed by atoms with van der Waals surface area (Å²) in [6.07, 6.45) is 0. The lowest BCUT2D eigenvalue weighted by atomic mass is 10.1. The molecule has 0 spiro atoms. The molecule has 3 aromatic rings. The van der Waals surface area contributed by atoms with Crippen LogP contribution in [0.15, 0.2) is 36.4 Å². The molecule has 0 aliphatic rings. The third-order valence-corrected chi connectivity index (χ3v) is 3.29. The SMILES string of the molecule is Cc1ccc(N)c(-c2nc3ccc(F)cc3n2C)c1. The smallest absolute Gasteiger partial charge is 0.142 e. The number of hydrogen-bond acceptors (Lipinski definition) is 2. The fourth-order valence-corrected chi connectivity index (χ4v) is 2.27. The Hall–Kier alpha value is -2.36. The molecule has 0 aliphatic carbocycles. The van der Waals surface area contributed by atoms with Crippen LogP contribution in [-0.2, 0) is 7.05 Å². The summed E-state index contributed by atoms with van der Waals surface area (Å²) in [7, 11) is 1.87. The lowest BCUT2D eigenvalue weighted by molar-refractivity contribution is 0.629. The number of aromatic nitrogens is 2. The molecule has 3 rings (SSSR count). The first kappa shape index (κ1) is 11.7. The van der Waals surface area contributed by atoms with E-state index in [1.807, 2.05) is 36.7 Å². The lowest BCUT2D eigenvalue weighted by Crippen LogP contribution is -1.97. The second-order valence-electron chi connectivity index (χ2n) is 4.72. The second-order valence-corrected chi connectivity index (χ2v) is 4.72. The summed E-state index contributed by atoms with van der Waals surface area (Å²) >= 11 is 0. The molecule has 0 saturated carbocycles. The van der Waals surface area contributed by atoms with Crippen molar-refractivity contribution in [2.75, 3.05) is 5.73 Å². The standard InChI is InChI=1S/C15H14FN3/c1-9-3-5-12(17)11(7-9)15-18-13-6-4-10(16)8-14(13)19(15)2/h3-8H,17H2,1-2H3. The number of aryl methyl sites for hydroxylation is 2. The van der Waals surface area contributed by atoms with Crippen LogP contribution in [0.25, 0.3) is 22.4 Å². The normalized spacial score (nSPS) is 11.1. The van der Waals surface area contributed by atoms with Crippen molar-refractivity contribution in [3.8, 4) is 11.4 Å². The molecule has 0 unspecified atom stereocenters. The van der Waals surface area contributed by atoms with E-state index in [4.69, 9.17) is 5.73 Å². The predicted molar refractivity (Wildman–Crippen MR) is 75.3 cm³/mol. The van der Waals surface area contributed by atoms with Crippen molar-refractivity contribution in [1.29, 1.82) is 0 Å². The van der Waals surface area contributed by atoms with Crippen molar-refractivity contribution in [2.24, 2.45) is 7.05 Å². The number of rotatable bonds is 1. The van der Waals surface area contributed by atoms with Gasteiger partial charge in [-0.3, -0.25) is 0 Å². The molecule has 0 radical (unpaired) electrons. The summed E-state index contributed by atoms with van der Waals surface area (Å²) in [6, 6.07) is 10.4. The molecule has 0 saturated heterocycles. The van der Waals surface area contributed by atoms with Gasteiger partial charge in [-0.1, -0.05) is 11.6 Å². The molecule has 96 valence electrons. The van der Waals surface area contributed by atoms with Gasteiger partial charge in [0.1, 0.15) is 11.6 Å². The molecule has 19 heavy (non-hydrogen) atoms. The largest absolute Gasteiger partial charge is 0.398 e. The van der Waals surface area contributed by atoms with Gasteiger partial charge in [0.15, 0.2) is 0 Å². The lowest BCUT2D eigenvalue weighted by Gasteiger charge is -2.07. The summed E-state index contributed by atoms with van der Waals surface area (Å²) in [5, 5.41) is 0. The van der Waals surface area contributed by atoms with Gasteiger partial charge in [0, 0.05) is 18.3 Å². The monoisotopic (exact) mass is 255 g/mol. The topological polar surface area (TPSA) is 43.8 Å². The Balaban J connectivity index is 2.31. The molecule has 1 aromatic heterocycles. The third kappa shape index (κ3) is 1.85. The van der Waals surface area contributed by atoms with Crippen LogP contribution in [0.4, 0.5) is 10.1 Å². The van der Waals surface area contributed by atoms with Gasteiger partial charge in [0.2, 0.25) is 0 Å². The molecule has 0 amide bonds. The number of nitrogens with zero attached hydrogens (tertiary/aromatic N) is 2. The van der Waals surface area contributed by atoms with E-state index in [0.717, 1.165) is 28.0 Å². The van der Waals surface area contributed by atoms with Crippen LogP contribution in [0, 0.1) is 12.7 Å². The zero-order chi connectivity index (χ0) is 13.6. The van der Waals surface area contributed by atoms with Crippen molar-refractivity contribution >= 4 is 16.7 Å². The summed E-state index contributed by atoms with van der Waals surface area (Å²) in [5.74, 6) is 0.487. The number of fused-ring (bicyclic) bond motifs is 1. The highest BCUT2D eigenvalue weighted by Crippen LogP contribution is 2.29. The maximum atomic E-state index is 13.3. The highest BCUT2D eigenvalue weighted by Gasteiger charge is 2.12. The van der Waals surface area contributed by atoms with E-state index in [9.17, 15) is 4.39 Å².